The van der Waals surface area contributed by atoms with E-state index < -0.39 is 0 Å². The van der Waals surface area contributed by atoms with Gasteiger partial charge in [0.15, 0.2) is 0 Å². The zero-order valence-electron chi connectivity index (χ0n) is 10.4. The Morgan fingerprint density at radius 1 is 1.24 bits per heavy atom. The Morgan fingerprint density at radius 2 is 1.88 bits per heavy atom. The summed E-state index contributed by atoms with van der Waals surface area (Å²) in [6, 6.07) is 7.78. The van der Waals surface area contributed by atoms with Crippen LogP contribution in [-0.2, 0) is 4.79 Å². The Labute approximate surface area is 108 Å². The van der Waals surface area contributed by atoms with E-state index in [0.29, 0.717) is 12.3 Å². The minimum absolute atomic E-state index is 0.0488. The Kier molecular flexibility index (Phi) is 5.84. The largest absolute Gasteiger partial charge is 0.378 e. The quantitative estimate of drug-likeness (QED) is 0.625. The van der Waals surface area contributed by atoms with Crippen LogP contribution in [0, 0.1) is 0 Å². The number of unbranched alkanes of at least 4 members (excludes halogenated alkanes) is 1. The fourth-order valence-electron chi connectivity index (χ4n) is 1.45. The van der Waals surface area contributed by atoms with E-state index in [0.717, 1.165) is 24.2 Å². The molecule has 0 aliphatic rings. The maximum absolute atomic E-state index is 11.5. The molecule has 0 aliphatic carbocycles. The fraction of sp³-hybridized carbons (Fsp3) is 0.462. The highest BCUT2D eigenvalue weighted by atomic mass is 35.5. The molecular formula is C13H19ClN2O. The van der Waals surface area contributed by atoms with Gasteiger partial charge in [0.25, 0.3) is 0 Å². The Morgan fingerprint density at radius 3 is 2.41 bits per heavy atom. The standard InChI is InChI=1S/C13H19ClN2O/c1-16(2)12-8-6-11(7-9-12)15-13(17)5-3-4-10-14/h6-9H,3-5,10H2,1-2H3,(H,15,17). The average Bonchev–Trinajstić information content (AvgIpc) is 2.30. The molecular weight excluding hydrogens is 236 g/mol. The molecule has 0 bridgehead atoms. The second kappa shape index (κ2) is 7.17. The number of nitrogens with zero attached hydrogens (tertiary/aromatic N) is 1. The van der Waals surface area contributed by atoms with Crippen LogP contribution in [0.2, 0.25) is 0 Å². The average molecular weight is 255 g/mol. The van der Waals surface area contributed by atoms with Gasteiger partial charge in [0.05, 0.1) is 0 Å². The Balaban J connectivity index is 2.43. The Hall–Kier alpha value is -1.22. The predicted octanol–water partition coefficient (Wildman–Crippen LogP) is 3.10. The highest BCUT2D eigenvalue weighted by molar-refractivity contribution is 6.17. The molecule has 17 heavy (non-hydrogen) atoms. The minimum Gasteiger partial charge on any atom is -0.378 e. The van der Waals surface area contributed by atoms with E-state index in [9.17, 15) is 4.79 Å². The van der Waals surface area contributed by atoms with E-state index in [1.165, 1.54) is 0 Å². The van der Waals surface area contributed by atoms with E-state index in [-0.39, 0.29) is 5.91 Å². The number of amides is 1. The second-order valence-electron chi connectivity index (χ2n) is 4.14. The van der Waals surface area contributed by atoms with Crippen molar-refractivity contribution >= 4 is 28.9 Å². The first-order valence-electron chi connectivity index (χ1n) is 5.76. The third-order valence-electron chi connectivity index (χ3n) is 2.45. The summed E-state index contributed by atoms with van der Waals surface area (Å²) in [6.45, 7) is 0. The monoisotopic (exact) mass is 254 g/mol. The van der Waals surface area contributed by atoms with Crippen molar-refractivity contribution in [1.82, 2.24) is 0 Å². The lowest BCUT2D eigenvalue weighted by Crippen LogP contribution is -2.12. The van der Waals surface area contributed by atoms with Gasteiger partial charge in [0, 0.05) is 37.8 Å². The highest BCUT2D eigenvalue weighted by Crippen LogP contribution is 2.15. The lowest BCUT2D eigenvalue weighted by molar-refractivity contribution is -0.116. The highest BCUT2D eigenvalue weighted by Gasteiger charge is 2.02. The van der Waals surface area contributed by atoms with E-state index in [1.807, 2.05) is 43.3 Å². The first-order valence-corrected chi connectivity index (χ1v) is 6.30. The maximum atomic E-state index is 11.5. The van der Waals surface area contributed by atoms with Gasteiger partial charge in [-0.2, -0.15) is 0 Å². The van der Waals surface area contributed by atoms with Crippen LogP contribution in [-0.4, -0.2) is 25.9 Å². The zero-order valence-corrected chi connectivity index (χ0v) is 11.1. The number of hydrogen-bond donors (Lipinski definition) is 1. The molecule has 94 valence electrons. The van der Waals surface area contributed by atoms with Crippen LogP contribution in [0.4, 0.5) is 11.4 Å². The molecule has 0 saturated carbocycles. The molecule has 4 heteroatoms. The van der Waals surface area contributed by atoms with Crippen LogP contribution in [0.3, 0.4) is 0 Å². The SMILES string of the molecule is CN(C)c1ccc(NC(=O)CCCCCl)cc1. The molecule has 0 radical (unpaired) electrons. The van der Waals surface area contributed by atoms with Crippen molar-refractivity contribution in [3.63, 3.8) is 0 Å². The van der Waals surface area contributed by atoms with Crippen molar-refractivity contribution in [3.8, 4) is 0 Å². The molecule has 0 unspecified atom stereocenters. The molecule has 0 atom stereocenters. The van der Waals surface area contributed by atoms with Crippen molar-refractivity contribution in [2.75, 3.05) is 30.2 Å². The molecule has 0 aromatic heterocycles. The van der Waals surface area contributed by atoms with Gasteiger partial charge in [0.1, 0.15) is 0 Å². The predicted molar refractivity (Wildman–Crippen MR) is 74.0 cm³/mol. The summed E-state index contributed by atoms with van der Waals surface area (Å²) >= 11 is 5.56. The van der Waals surface area contributed by atoms with E-state index in [1.54, 1.807) is 0 Å². The number of nitrogens with one attached hydrogen (secondary N) is 1. The van der Waals surface area contributed by atoms with Crippen molar-refractivity contribution in [2.45, 2.75) is 19.3 Å². The smallest absolute Gasteiger partial charge is 0.224 e. The first-order chi connectivity index (χ1) is 8.13. The summed E-state index contributed by atoms with van der Waals surface area (Å²) in [5.74, 6) is 0.665. The third kappa shape index (κ3) is 5.09. The summed E-state index contributed by atoms with van der Waals surface area (Å²) in [4.78, 5) is 13.6. The normalized spacial score (nSPS) is 10.1. The minimum atomic E-state index is 0.0488. The van der Waals surface area contributed by atoms with Gasteiger partial charge in [-0.1, -0.05) is 0 Å². The molecule has 1 rings (SSSR count). The van der Waals surface area contributed by atoms with Crippen molar-refractivity contribution in [2.24, 2.45) is 0 Å². The molecule has 0 fully saturated rings. The molecule has 0 heterocycles. The summed E-state index contributed by atoms with van der Waals surface area (Å²) in [7, 11) is 3.97. The summed E-state index contributed by atoms with van der Waals surface area (Å²) in [6.07, 6.45) is 2.25. The van der Waals surface area contributed by atoms with Crippen molar-refractivity contribution in [1.29, 1.82) is 0 Å². The number of rotatable bonds is 6. The van der Waals surface area contributed by atoms with Crippen LogP contribution < -0.4 is 10.2 Å². The molecule has 1 aromatic rings. The topological polar surface area (TPSA) is 32.3 Å². The third-order valence-corrected chi connectivity index (χ3v) is 2.72. The van der Waals surface area contributed by atoms with E-state index in [4.69, 9.17) is 11.6 Å². The van der Waals surface area contributed by atoms with Gasteiger partial charge in [0.2, 0.25) is 5.91 Å². The van der Waals surface area contributed by atoms with Gasteiger partial charge in [-0.3, -0.25) is 4.79 Å². The molecule has 3 nitrogen and oxygen atoms in total. The van der Waals surface area contributed by atoms with Gasteiger partial charge < -0.3 is 10.2 Å². The first kappa shape index (κ1) is 13.8. The summed E-state index contributed by atoms with van der Waals surface area (Å²) in [5.41, 5.74) is 1.96. The number of carbonyl (C=O) groups is 1. The van der Waals surface area contributed by atoms with E-state index in [2.05, 4.69) is 5.32 Å². The lowest BCUT2D eigenvalue weighted by Gasteiger charge is -2.13. The molecule has 1 aromatic carbocycles. The number of benzene rings is 1. The van der Waals surface area contributed by atoms with Crippen LogP contribution >= 0.6 is 11.6 Å². The van der Waals surface area contributed by atoms with Crippen LogP contribution in [0.1, 0.15) is 19.3 Å². The summed E-state index contributed by atoms with van der Waals surface area (Å²) < 4.78 is 0. The molecule has 1 amide bonds. The lowest BCUT2D eigenvalue weighted by atomic mass is 10.2. The number of hydrogen-bond acceptors (Lipinski definition) is 2. The number of anilines is 2. The number of alkyl halides is 1. The molecule has 0 aliphatic heterocycles. The molecule has 1 N–H and O–H groups in total. The molecule has 0 spiro atoms. The van der Waals surface area contributed by atoms with Gasteiger partial charge in [-0.25, -0.2) is 0 Å². The number of carbonyl (C=O) groups excluding carboxylic acids is 1. The van der Waals surface area contributed by atoms with Crippen LogP contribution in [0.15, 0.2) is 24.3 Å². The second-order valence-corrected chi connectivity index (χ2v) is 4.51. The van der Waals surface area contributed by atoms with Gasteiger partial charge >= 0.3 is 0 Å². The summed E-state index contributed by atoms with van der Waals surface area (Å²) in [5, 5.41) is 2.87. The zero-order chi connectivity index (χ0) is 12.7. The van der Waals surface area contributed by atoms with Crippen LogP contribution in [0.5, 0.6) is 0 Å². The molecule has 0 saturated heterocycles. The Bertz CT molecular complexity index is 349. The fourth-order valence-corrected chi connectivity index (χ4v) is 1.64. The van der Waals surface area contributed by atoms with Crippen molar-refractivity contribution in [3.05, 3.63) is 24.3 Å². The maximum Gasteiger partial charge on any atom is 0.224 e. The van der Waals surface area contributed by atoms with Crippen LogP contribution in [0.25, 0.3) is 0 Å². The number of halogens is 1. The van der Waals surface area contributed by atoms with Gasteiger partial charge in [-0.05, 0) is 37.1 Å². The van der Waals surface area contributed by atoms with Gasteiger partial charge in [-0.15, -0.1) is 11.6 Å². The van der Waals surface area contributed by atoms with E-state index >= 15 is 0 Å². The van der Waals surface area contributed by atoms with Crippen molar-refractivity contribution < 1.29 is 4.79 Å².